The standard InChI is InChI=1S/C22H18Cl2N2O/c1-14(16-11-15-4-2-3-5-21(15)25-12-16)10-22(27)26-9-8-17-18(13-26)20(24)7-6-19(17)23/h2-7,10-12H,8-9,13H2,1H3/b14-10+. The number of allylic oxidation sites excluding steroid dienone is 1. The molecule has 1 aromatic heterocycles. The Balaban J connectivity index is 1.58. The van der Waals surface area contributed by atoms with Crippen molar-refractivity contribution in [1.29, 1.82) is 0 Å². The number of para-hydroxylation sites is 1. The molecule has 0 fully saturated rings. The molecule has 0 bridgehead atoms. The van der Waals surface area contributed by atoms with Gasteiger partial charge in [0.25, 0.3) is 0 Å². The lowest BCUT2D eigenvalue weighted by Crippen LogP contribution is -2.35. The average Bonchev–Trinajstić information content (AvgIpc) is 2.70. The van der Waals surface area contributed by atoms with E-state index in [1.165, 1.54) is 0 Å². The Bertz CT molecular complexity index is 1080. The van der Waals surface area contributed by atoms with Crippen LogP contribution in [-0.2, 0) is 17.8 Å². The monoisotopic (exact) mass is 396 g/mol. The molecule has 1 aliphatic rings. The number of nitrogens with zero attached hydrogens (tertiary/aromatic N) is 2. The van der Waals surface area contributed by atoms with Gasteiger partial charge in [0, 0.05) is 40.8 Å². The molecule has 0 aliphatic carbocycles. The van der Waals surface area contributed by atoms with Crippen LogP contribution in [0.25, 0.3) is 16.5 Å². The van der Waals surface area contributed by atoms with Gasteiger partial charge in [-0.05, 0) is 59.9 Å². The molecule has 1 aliphatic heterocycles. The highest BCUT2D eigenvalue weighted by atomic mass is 35.5. The molecule has 0 N–H and O–H groups in total. The summed E-state index contributed by atoms with van der Waals surface area (Å²) in [7, 11) is 0. The van der Waals surface area contributed by atoms with Crippen molar-refractivity contribution >= 4 is 45.6 Å². The number of pyridine rings is 1. The van der Waals surface area contributed by atoms with Gasteiger partial charge in [0.15, 0.2) is 0 Å². The van der Waals surface area contributed by atoms with Crippen molar-refractivity contribution in [1.82, 2.24) is 9.88 Å². The van der Waals surface area contributed by atoms with Gasteiger partial charge in [0.1, 0.15) is 0 Å². The lowest BCUT2D eigenvalue weighted by molar-refractivity contribution is -0.126. The van der Waals surface area contributed by atoms with E-state index in [9.17, 15) is 4.79 Å². The molecule has 1 amide bonds. The summed E-state index contributed by atoms with van der Waals surface area (Å²) in [4.78, 5) is 19.1. The van der Waals surface area contributed by atoms with Crippen LogP contribution in [0.3, 0.4) is 0 Å². The molecule has 2 heterocycles. The third-order valence-electron chi connectivity index (χ3n) is 5.00. The molecule has 0 atom stereocenters. The first-order valence-electron chi connectivity index (χ1n) is 8.81. The van der Waals surface area contributed by atoms with Crippen molar-refractivity contribution in [2.24, 2.45) is 0 Å². The number of rotatable bonds is 2. The molecule has 0 radical (unpaired) electrons. The predicted octanol–water partition coefficient (Wildman–Crippen LogP) is 5.53. The third kappa shape index (κ3) is 3.58. The van der Waals surface area contributed by atoms with E-state index in [4.69, 9.17) is 23.2 Å². The maximum atomic E-state index is 12.8. The van der Waals surface area contributed by atoms with Crippen LogP contribution in [0.4, 0.5) is 0 Å². The molecular formula is C22H18Cl2N2O. The van der Waals surface area contributed by atoms with Crippen LogP contribution in [0, 0.1) is 0 Å². The van der Waals surface area contributed by atoms with E-state index in [0.717, 1.165) is 38.2 Å². The molecule has 0 saturated heterocycles. The molecule has 3 aromatic rings. The van der Waals surface area contributed by atoms with Gasteiger partial charge in [-0.1, -0.05) is 41.4 Å². The summed E-state index contributed by atoms with van der Waals surface area (Å²) in [5, 5.41) is 2.44. The second-order valence-electron chi connectivity index (χ2n) is 6.74. The molecule has 136 valence electrons. The van der Waals surface area contributed by atoms with Gasteiger partial charge in [-0.3, -0.25) is 9.78 Å². The van der Waals surface area contributed by atoms with Crippen molar-refractivity contribution in [2.75, 3.05) is 6.54 Å². The molecular weight excluding hydrogens is 379 g/mol. The molecule has 0 unspecified atom stereocenters. The van der Waals surface area contributed by atoms with Gasteiger partial charge in [-0.25, -0.2) is 0 Å². The highest BCUT2D eigenvalue weighted by Gasteiger charge is 2.23. The summed E-state index contributed by atoms with van der Waals surface area (Å²) < 4.78 is 0. The van der Waals surface area contributed by atoms with E-state index in [1.54, 1.807) is 12.1 Å². The number of hydrogen-bond donors (Lipinski definition) is 0. The Hall–Kier alpha value is -2.36. The van der Waals surface area contributed by atoms with Gasteiger partial charge < -0.3 is 4.90 Å². The smallest absolute Gasteiger partial charge is 0.247 e. The zero-order valence-electron chi connectivity index (χ0n) is 14.9. The first-order chi connectivity index (χ1) is 13.0. The van der Waals surface area contributed by atoms with Gasteiger partial charge in [0.2, 0.25) is 5.91 Å². The minimum Gasteiger partial charge on any atom is -0.334 e. The second kappa shape index (κ2) is 7.34. The lowest BCUT2D eigenvalue weighted by Gasteiger charge is -2.29. The van der Waals surface area contributed by atoms with E-state index in [0.29, 0.717) is 24.5 Å². The summed E-state index contributed by atoms with van der Waals surface area (Å²) >= 11 is 12.6. The topological polar surface area (TPSA) is 33.2 Å². The lowest BCUT2D eigenvalue weighted by atomic mass is 9.99. The number of fused-ring (bicyclic) bond motifs is 2. The fraction of sp³-hybridized carbons (Fsp3) is 0.182. The number of aromatic nitrogens is 1. The van der Waals surface area contributed by atoms with Crippen molar-refractivity contribution in [3.8, 4) is 0 Å². The van der Waals surface area contributed by atoms with Gasteiger partial charge in [-0.15, -0.1) is 0 Å². The van der Waals surface area contributed by atoms with Crippen LogP contribution in [0.15, 0.2) is 54.7 Å². The first kappa shape index (κ1) is 18.0. The van der Waals surface area contributed by atoms with Crippen LogP contribution in [-0.4, -0.2) is 22.3 Å². The SMILES string of the molecule is C/C(=C\C(=O)N1CCc2c(Cl)ccc(Cl)c2C1)c1cnc2ccccc2c1. The highest BCUT2D eigenvalue weighted by molar-refractivity contribution is 6.34. The fourth-order valence-corrected chi connectivity index (χ4v) is 3.94. The Labute approximate surface area is 168 Å². The molecule has 3 nitrogen and oxygen atoms in total. The van der Waals surface area contributed by atoms with Crippen LogP contribution < -0.4 is 0 Å². The van der Waals surface area contributed by atoms with Crippen molar-refractivity contribution < 1.29 is 4.79 Å². The fourth-order valence-electron chi connectivity index (χ4n) is 3.43. The van der Waals surface area contributed by atoms with Crippen molar-refractivity contribution in [3.63, 3.8) is 0 Å². The third-order valence-corrected chi connectivity index (χ3v) is 5.70. The van der Waals surface area contributed by atoms with E-state index in [1.807, 2.05) is 48.4 Å². The summed E-state index contributed by atoms with van der Waals surface area (Å²) in [6.07, 6.45) is 4.20. The molecule has 27 heavy (non-hydrogen) atoms. The van der Waals surface area contributed by atoms with Crippen LogP contribution >= 0.6 is 23.2 Å². The van der Waals surface area contributed by atoms with Gasteiger partial charge in [-0.2, -0.15) is 0 Å². The van der Waals surface area contributed by atoms with Gasteiger partial charge >= 0.3 is 0 Å². The Morgan fingerprint density at radius 2 is 1.85 bits per heavy atom. The maximum absolute atomic E-state index is 12.8. The van der Waals surface area contributed by atoms with Crippen molar-refractivity contribution in [3.05, 3.63) is 81.5 Å². The zero-order valence-corrected chi connectivity index (χ0v) is 16.4. The minimum atomic E-state index is -0.0256. The summed E-state index contributed by atoms with van der Waals surface area (Å²) in [5.41, 5.74) is 4.77. The number of halogens is 2. The molecule has 5 heteroatoms. The largest absolute Gasteiger partial charge is 0.334 e. The zero-order chi connectivity index (χ0) is 19.0. The normalized spacial score (nSPS) is 14.3. The van der Waals surface area contributed by atoms with Crippen LogP contribution in [0.2, 0.25) is 10.0 Å². The van der Waals surface area contributed by atoms with E-state index >= 15 is 0 Å². The summed E-state index contributed by atoms with van der Waals surface area (Å²) in [5.74, 6) is -0.0256. The van der Waals surface area contributed by atoms with Crippen molar-refractivity contribution in [2.45, 2.75) is 19.9 Å². The summed E-state index contributed by atoms with van der Waals surface area (Å²) in [6, 6.07) is 13.6. The quantitative estimate of drug-likeness (QED) is 0.533. The highest BCUT2D eigenvalue weighted by Crippen LogP contribution is 2.32. The Morgan fingerprint density at radius 3 is 2.67 bits per heavy atom. The number of carbonyl (C=O) groups is 1. The minimum absolute atomic E-state index is 0.0256. The van der Waals surface area contributed by atoms with Crippen LogP contribution in [0.5, 0.6) is 0 Å². The van der Waals surface area contributed by atoms with E-state index < -0.39 is 0 Å². The molecule has 4 rings (SSSR count). The number of carbonyl (C=O) groups excluding carboxylic acids is 1. The first-order valence-corrected chi connectivity index (χ1v) is 9.56. The maximum Gasteiger partial charge on any atom is 0.247 e. The van der Waals surface area contributed by atoms with Crippen LogP contribution in [0.1, 0.15) is 23.6 Å². The number of benzene rings is 2. The Kier molecular flexibility index (Phi) is 4.90. The summed E-state index contributed by atoms with van der Waals surface area (Å²) in [6.45, 7) is 3.05. The molecule has 0 spiro atoms. The van der Waals surface area contributed by atoms with E-state index in [2.05, 4.69) is 11.1 Å². The molecule has 2 aromatic carbocycles. The van der Waals surface area contributed by atoms with E-state index in [-0.39, 0.29) is 5.91 Å². The predicted molar refractivity (Wildman–Crippen MR) is 111 cm³/mol. The average molecular weight is 397 g/mol. The number of amides is 1. The Morgan fingerprint density at radius 1 is 1.11 bits per heavy atom. The second-order valence-corrected chi connectivity index (χ2v) is 7.55. The number of hydrogen-bond acceptors (Lipinski definition) is 2. The van der Waals surface area contributed by atoms with Gasteiger partial charge in [0.05, 0.1) is 5.52 Å². The molecule has 0 saturated carbocycles.